The van der Waals surface area contributed by atoms with E-state index in [1.165, 1.54) is 4.90 Å². The Labute approximate surface area is 285 Å². The first kappa shape index (κ1) is 32.5. The van der Waals surface area contributed by atoms with Gasteiger partial charge in [-0.1, -0.05) is 115 Å². The summed E-state index contributed by atoms with van der Waals surface area (Å²) in [5.74, 6) is -3.73. The Morgan fingerprint density at radius 3 is 2.29 bits per heavy atom. The number of hydrogen-bond acceptors (Lipinski definition) is 7. The third kappa shape index (κ3) is 6.06. The standard InChI is InChI=1S/C39H39N3O7/c43-24-30(28-17-8-3-9-18-28)42-35-38(47)41(23-26-13-4-1-5-14-26)22-12-21-39(35)34(37(42)46)33-31(49-39)19-10-11-20-32(44)48-25-29(40-36(33)45)27-15-6-2-7-16-27/h1-10,12-19,21,29-31,33-35,43H,11,20,22-25H2,(H,40,45)/b19-10-/t29-,30+,31+,33-,34-,35+,39-/m0/s1. The Balaban J connectivity index is 1.33. The van der Waals surface area contributed by atoms with Crippen LogP contribution in [0.3, 0.4) is 0 Å². The average Bonchev–Trinajstić information content (AvgIpc) is 3.52. The number of hydrogen-bond donors (Lipinski definition) is 2. The van der Waals surface area contributed by atoms with Crippen LogP contribution < -0.4 is 5.32 Å². The molecule has 2 N–H and O–H groups in total. The maximum atomic E-state index is 15.0. The Morgan fingerprint density at radius 2 is 1.57 bits per heavy atom. The van der Waals surface area contributed by atoms with E-state index in [1.54, 1.807) is 23.1 Å². The number of aliphatic hydroxyl groups is 1. The summed E-state index contributed by atoms with van der Waals surface area (Å²) in [6, 6.07) is 25.2. The lowest BCUT2D eigenvalue weighted by atomic mass is 9.77. The molecule has 0 aromatic heterocycles. The molecule has 4 aliphatic rings. The minimum atomic E-state index is -1.51. The van der Waals surface area contributed by atoms with Crippen LogP contribution in [0, 0.1) is 11.8 Å². The van der Waals surface area contributed by atoms with Crippen LogP contribution in [0.5, 0.6) is 0 Å². The van der Waals surface area contributed by atoms with Crippen molar-refractivity contribution in [2.75, 3.05) is 19.8 Å². The number of allylic oxidation sites excluding steroid dienone is 1. The summed E-state index contributed by atoms with van der Waals surface area (Å²) >= 11 is 0. The fourth-order valence-electron chi connectivity index (χ4n) is 7.74. The second-order valence-corrected chi connectivity index (χ2v) is 12.9. The Morgan fingerprint density at radius 1 is 0.878 bits per heavy atom. The van der Waals surface area contributed by atoms with Crippen molar-refractivity contribution in [2.24, 2.45) is 11.8 Å². The van der Waals surface area contributed by atoms with Crippen molar-refractivity contribution in [1.29, 1.82) is 0 Å². The summed E-state index contributed by atoms with van der Waals surface area (Å²) in [5.41, 5.74) is 0.820. The summed E-state index contributed by atoms with van der Waals surface area (Å²) in [6.45, 7) is 0.0550. The molecule has 0 aliphatic carbocycles. The smallest absolute Gasteiger partial charge is 0.306 e. The highest BCUT2D eigenvalue weighted by Gasteiger charge is 2.72. The van der Waals surface area contributed by atoms with Gasteiger partial charge < -0.3 is 29.7 Å². The van der Waals surface area contributed by atoms with Gasteiger partial charge in [0.05, 0.1) is 36.6 Å². The zero-order chi connectivity index (χ0) is 34.0. The molecule has 4 aliphatic heterocycles. The number of esters is 1. The van der Waals surface area contributed by atoms with Gasteiger partial charge in [0, 0.05) is 19.5 Å². The Bertz CT molecular complexity index is 1750. The van der Waals surface area contributed by atoms with Crippen LogP contribution in [0.15, 0.2) is 115 Å². The van der Waals surface area contributed by atoms with Gasteiger partial charge in [-0.3, -0.25) is 19.2 Å². The zero-order valence-corrected chi connectivity index (χ0v) is 27.0. The average molecular weight is 662 g/mol. The van der Waals surface area contributed by atoms with Crippen LogP contribution in [0.25, 0.3) is 0 Å². The number of carbonyl (C=O) groups is 4. The van der Waals surface area contributed by atoms with Crippen LogP contribution >= 0.6 is 0 Å². The number of benzene rings is 3. The lowest BCUT2D eigenvalue weighted by Gasteiger charge is -2.38. The van der Waals surface area contributed by atoms with Gasteiger partial charge in [-0.05, 0) is 23.1 Å². The normalized spacial score (nSPS) is 29.8. The number of cyclic esters (lactones) is 1. The van der Waals surface area contributed by atoms with Crippen molar-refractivity contribution >= 4 is 23.7 Å². The van der Waals surface area contributed by atoms with E-state index >= 15 is 0 Å². The molecule has 1 spiro atoms. The second-order valence-electron chi connectivity index (χ2n) is 12.9. The van der Waals surface area contributed by atoms with E-state index in [4.69, 9.17) is 9.47 Å². The highest BCUT2D eigenvalue weighted by Crippen LogP contribution is 2.54. The summed E-state index contributed by atoms with van der Waals surface area (Å²) in [5, 5.41) is 13.9. The molecule has 3 aromatic rings. The molecule has 10 nitrogen and oxygen atoms in total. The summed E-state index contributed by atoms with van der Waals surface area (Å²) in [4.78, 5) is 60.0. The Hall–Kier alpha value is -5.06. The van der Waals surface area contributed by atoms with Crippen LogP contribution in [0.4, 0.5) is 0 Å². The SMILES string of the molecule is O=C1CC/C=C\[C@H]2O[C@]34C=CCN(Cc5ccccc5)C(=O)[C@H]3N([C@H](CO)c3ccccc3)C(=O)[C@@H]4[C@H]2C(=O)N[C@H](c2ccccc2)CO1. The number of nitrogens with zero attached hydrogens (tertiary/aromatic N) is 2. The largest absolute Gasteiger partial charge is 0.463 e. The molecular formula is C39H39N3O7. The molecule has 2 saturated heterocycles. The molecule has 0 radical (unpaired) electrons. The Kier molecular flexibility index (Phi) is 9.16. The molecule has 3 aromatic carbocycles. The first-order valence-corrected chi connectivity index (χ1v) is 16.7. The predicted octanol–water partition coefficient (Wildman–Crippen LogP) is 3.65. The van der Waals surface area contributed by atoms with Crippen molar-refractivity contribution < 1.29 is 33.8 Å². The van der Waals surface area contributed by atoms with E-state index in [2.05, 4.69) is 5.32 Å². The quantitative estimate of drug-likeness (QED) is 0.305. The number of aliphatic hydroxyl groups excluding tert-OH is 1. The monoisotopic (exact) mass is 661 g/mol. The van der Waals surface area contributed by atoms with E-state index in [0.29, 0.717) is 18.5 Å². The topological polar surface area (TPSA) is 125 Å². The van der Waals surface area contributed by atoms with Crippen molar-refractivity contribution in [3.63, 3.8) is 0 Å². The molecule has 252 valence electrons. The van der Waals surface area contributed by atoms with Gasteiger partial charge in [0.1, 0.15) is 18.2 Å². The summed E-state index contributed by atoms with van der Waals surface area (Å²) in [6.07, 6.45) is 6.74. The molecule has 0 unspecified atom stereocenters. The highest BCUT2D eigenvalue weighted by atomic mass is 16.5. The van der Waals surface area contributed by atoms with E-state index in [1.807, 2.05) is 97.1 Å². The van der Waals surface area contributed by atoms with Crippen LogP contribution in [0.1, 0.15) is 41.6 Å². The van der Waals surface area contributed by atoms with Gasteiger partial charge in [0.2, 0.25) is 17.7 Å². The van der Waals surface area contributed by atoms with Crippen molar-refractivity contribution in [1.82, 2.24) is 15.1 Å². The van der Waals surface area contributed by atoms with Gasteiger partial charge in [0.15, 0.2) is 0 Å². The zero-order valence-electron chi connectivity index (χ0n) is 27.0. The van der Waals surface area contributed by atoms with E-state index in [0.717, 1.165) is 11.1 Å². The number of amides is 3. The molecule has 7 atom stereocenters. The number of ether oxygens (including phenoxy) is 2. The van der Waals surface area contributed by atoms with Crippen LogP contribution in [0.2, 0.25) is 0 Å². The van der Waals surface area contributed by atoms with Gasteiger partial charge in [-0.15, -0.1) is 0 Å². The number of likely N-dealkylation sites (tertiary alicyclic amines) is 1. The first-order valence-electron chi connectivity index (χ1n) is 16.7. The maximum Gasteiger partial charge on any atom is 0.306 e. The van der Waals surface area contributed by atoms with Gasteiger partial charge in [0.25, 0.3) is 0 Å². The minimum absolute atomic E-state index is 0.0809. The number of fused-ring (bicyclic) bond motifs is 2. The van der Waals surface area contributed by atoms with Gasteiger partial charge in [-0.25, -0.2) is 0 Å². The molecule has 10 heteroatoms. The fourth-order valence-corrected chi connectivity index (χ4v) is 7.74. The summed E-state index contributed by atoms with van der Waals surface area (Å²) < 4.78 is 12.4. The number of rotatable bonds is 6. The molecular weight excluding hydrogens is 622 g/mol. The molecule has 0 bridgehead atoms. The van der Waals surface area contributed by atoms with E-state index < -0.39 is 66.1 Å². The van der Waals surface area contributed by atoms with E-state index in [9.17, 15) is 24.3 Å². The third-order valence-electron chi connectivity index (χ3n) is 10.00. The fraction of sp³-hybridized carbons (Fsp3) is 0.333. The lowest BCUT2D eigenvalue weighted by molar-refractivity contribution is -0.151. The molecule has 49 heavy (non-hydrogen) atoms. The molecule has 7 rings (SSSR count). The van der Waals surface area contributed by atoms with Gasteiger partial charge >= 0.3 is 5.97 Å². The molecule has 3 amide bonds. The second kappa shape index (κ2) is 13.8. The molecule has 0 saturated carbocycles. The van der Waals surface area contributed by atoms with Crippen LogP contribution in [-0.4, -0.2) is 76.1 Å². The van der Waals surface area contributed by atoms with Crippen molar-refractivity contribution in [3.05, 3.63) is 132 Å². The first-order chi connectivity index (χ1) is 23.9. The highest BCUT2D eigenvalue weighted by molar-refractivity contribution is 6.00. The van der Waals surface area contributed by atoms with Gasteiger partial charge in [-0.2, -0.15) is 0 Å². The molecule has 4 heterocycles. The minimum Gasteiger partial charge on any atom is -0.463 e. The van der Waals surface area contributed by atoms with Crippen molar-refractivity contribution in [3.8, 4) is 0 Å². The van der Waals surface area contributed by atoms with Crippen LogP contribution in [-0.2, 0) is 35.2 Å². The van der Waals surface area contributed by atoms with E-state index in [-0.39, 0.29) is 25.5 Å². The van der Waals surface area contributed by atoms with Crippen molar-refractivity contribution in [2.45, 2.75) is 49.2 Å². The number of nitrogens with one attached hydrogen (secondary N) is 1. The lowest BCUT2D eigenvalue weighted by Crippen LogP contribution is -2.56. The predicted molar refractivity (Wildman–Crippen MR) is 179 cm³/mol. The molecule has 2 fully saturated rings. The third-order valence-corrected chi connectivity index (χ3v) is 10.00. The number of carbonyl (C=O) groups excluding carboxylic acids is 4. The maximum absolute atomic E-state index is 15.0. The summed E-state index contributed by atoms with van der Waals surface area (Å²) in [7, 11) is 0.